The Kier molecular flexibility index (Phi) is 3.24. The molecule has 2 atom stereocenters. The Balaban J connectivity index is 2.52. The molecule has 1 aliphatic rings. The van der Waals surface area contributed by atoms with Crippen molar-refractivity contribution in [2.75, 3.05) is 6.79 Å². The molecule has 0 N–H and O–H groups in total. The zero-order chi connectivity index (χ0) is 10.1. The molecule has 1 fully saturated rings. The van der Waals surface area contributed by atoms with Crippen LogP contribution >= 0.6 is 0 Å². The van der Waals surface area contributed by atoms with Crippen molar-refractivity contribution >= 4 is 0 Å². The molecule has 0 bridgehead atoms. The molecule has 78 valence electrons. The molecule has 0 aromatic rings. The smallest absolute Gasteiger partial charge is 0.264 e. The lowest BCUT2D eigenvalue weighted by Crippen LogP contribution is -2.42. The highest BCUT2D eigenvalue weighted by molar-refractivity contribution is 4.80. The van der Waals surface area contributed by atoms with Crippen molar-refractivity contribution in [2.45, 2.75) is 45.8 Å². The number of alkyl halides is 2. The summed E-state index contributed by atoms with van der Waals surface area (Å²) in [6.07, 6.45) is -3.23. The highest BCUT2D eigenvalue weighted by Gasteiger charge is 2.35. The minimum Gasteiger partial charge on any atom is -0.352 e. The molecule has 1 heterocycles. The molecule has 1 rings (SSSR count). The highest BCUT2D eigenvalue weighted by Crippen LogP contribution is 2.31. The van der Waals surface area contributed by atoms with E-state index in [0.29, 0.717) is 0 Å². The summed E-state index contributed by atoms with van der Waals surface area (Å²) >= 11 is 0. The van der Waals surface area contributed by atoms with Gasteiger partial charge in [-0.3, -0.25) is 0 Å². The third kappa shape index (κ3) is 2.88. The van der Waals surface area contributed by atoms with Crippen LogP contribution in [0.3, 0.4) is 0 Å². The van der Waals surface area contributed by atoms with E-state index in [0.717, 1.165) is 0 Å². The minimum absolute atomic E-state index is 0.0169. The summed E-state index contributed by atoms with van der Waals surface area (Å²) < 4.78 is 34.7. The lowest BCUT2D eigenvalue weighted by molar-refractivity contribution is -0.226. The van der Waals surface area contributed by atoms with Gasteiger partial charge in [-0.15, -0.1) is 0 Å². The Bertz CT molecular complexity index is 165. The van der Waals surface area contributed by atoms with Gasteiger partial charge in [0.05, 0.1) is 6.10 Å². The zero-order valence-electron chi connectivity index (χ0n) is 8.22. The van der Waals surface area contributed by atoms with Gasteiger partial charge in [0, 0.05) is 6.42 Å². The predicted molar refractivity (Wildman–Crippen MR) is 44.7 cm³/mol. The fourth-order valence-electron chi connectivity index (χ4n) is 1.34. The normalized spacial score (nSPS) is 30.9. The lowest BCUT2D eigenvalue weighted by Gasteiger charge is -2.37. The zero-order valence-corrected chi connectivity index (χ0v) is 8.22. The van der Waals surface area contributed by atoms with Gasteiger partial charge in [-0.2, -0.15) is 0 Å². The third-order valence-electron chi connectivity index (χ3n) is 2.24. The van der Waals surface area contributed by atoms with Gasteiger partial charge >= 0.3 is 0 Å². The van der Waals surface area contributed by atoms with E-state index in [2.05, 4.69) is 0 Å². The molecule has 0 aromatic carbocycles. The molecule has 0 saturated carbocycles. The second-order valence-electron chi connectivity index (χ2n) is 4.41. The van der Waals surface area contributed by atoms with Crippen molar-refractivity contribution in [3.05, 3.63) is 0 Å². The maximum Gasteiger partial charge on any atom is 0.264 e. The van der Waals surface area contributed by atoms with E-state index >= 15 is 0 Å². The fourth-order valence-corrected chi connectivity index (χ4v) is 1.34. The lowest BCUT2D eigenvalue weighted by atomic mass is 9.85. The number of rotatable bonds is 1. The van der Waals surface area contributed by atoms with Gasteiger partial charge in [0.1, 0.15) is 12.9 Å². The van der Waals surface area contributed by atoms with E-state index in [1.807, 2.05) is 20.8 Å². The Morgan fingerprint density at radius 1 is 1.23 bits per heavy atom. The van der Waals surface area contributed by atoms with Crippen molar-refractivity contribution in [3.8, 4) is 0 Å². The molecule has 0 aromatic heterocycles. The maximum absolute atomic E-state index is 12.3. The number of halogens is 2. The molecule has 1 saturated heterocycles. The largest absolute Gasteiger partial charge is 0.352 e. The SMILES string of the molecule is CC(C)(C)[C@@H]1C[C@H](C(F)F)OCO1. The summed E-state index contributed by atoms with van der Waals surface area (Å²) in [5.74, 6) is 0. The average molecular weight is 194 g/mol. The van der Waals surface area contributed by atoms with Crippen molar-refractivity contribution in [1.82, 2.24) is 0 Å². The number of ether oxygens (including phenoxy) is 2. The van der Waals surface area contributed by atoms with Gasteiger partial charge in [0.25, 0.3) is 6.43 Å². The van der Waals surface area contributed by atoms with Gasteiger partial charge in [-0.05, 0) is 5.41 Å². The van der Waals surface area contributed by atoms with Gasteiger partial charge in [-0.25, -0.2) is 8.78 Å². The highest BCUT2D eigenvalue weighted by atomic mass is 19.3. The van der Waals surface area contributed by atoms with Crippen LogP contribution in [0.1, 0.15) is 27.2 Å². The Hall–Kier alpha value is -0.220. The molecule has 2 nitrogen and oxygen atoms in total. The first-order valence-corrected chi connectivity index (χ1v) is 4.42. The summed E-state index contributed by atoms with van der Waals surface area (Å²) in [5.41, 5.74) is -0.100. The van der Waals surface area contributed by atoms with E-state index in [4.69, 9.17) is 9.47 Å². The minimum atomic E-state index is -2.41. The second-order valence-corrected chi connectivity index (χ2v) is 4.41. The standard InChI is InChI=1S/C9H16F2O2/c1-9(2,3)7-4-6(8(10)11)12-5-13-7/h6-8H,4-5H2,1-3H3/t6-,7+/m1/s1. The molecule has 13 heavy (non-hydrogen) atoms. The van der Waals surface area contributed by atoms with Crippen molar-refractivity contribution in [3.63, 3.8) is 0 Å². The fraction of sp³-hybridized carbons (Fsp3) is 1.00. The van der Waals surface area contributed by atoms with Gasteiger partial charge < -0.3 is 9.47 Å². The van der Waals surface area contributed by atoms with Crippen LogP contribution in [-0.4, -0.2) is 25.4 Å². The first-order valence-electron chi connectivity index (χ1n) is 4.42. The Morgan fingerprint density at radius 3 is 2.31 bits per heavy atom. The van der Waals surface area contributed by atoms with Crippen LogP contribution < -0.4 is 0 Å². The molecule has 4 heteroatoms. The van der Waals surface area contributed by atoms with E-state index in [9.17, 15) is 8.78 Å². The Labute approximate surface area is 77.2 Å². The molecule has 0 amide bonds. The maximum atomic E-state index is 12.3. The molecule has 0 aliphatic carbocycles. The monoisotopic (exact) mass is 194 g/mol. The molecular formula is C9H16F2O2. The summed E-state index contributed by atoms with van der Waals surface area (Å²) in [7, 11) is 0. The summed E-state index contributed by atoms with van der Waals surface area (Å²) in [6.45, 7) is 5.92. The van der Waals surface area contributed by atoms with Gasteiger partial charge in [0.15, 0.2) is 0 Å². The predicted octanol–water partition coefficient (Wildman–Crippen LogP) is 2.43. The quantitative estimate of drug-likeness (QED) is 0.638. The summed E-state index contributed by atoms with van der Waals surface area (Å²) in [5, 5.41) is 0. The molecular weight excluding hydrogens is 178 g/mol. The van der Waals surface area contributed by atoms with Crippen molar-refractivity contribution in [1.29, 1.82) is 0 Å². The molecule has 0 spiro atoms. The van der Waals surface area contributed by atoms with Crippen molar-refractivity contribution in [2.24, 2.45) is 5.41 Å². The second kappa shape index (κ2) is 3.88. The topological polar surface area (TPSA) is 18.5 Å². The van der Waals surface area contributed by atoms with E-state index in [1.54, 1.807) is 0 Å². The molecule has 1 aliphatic heterocycles. The van der Waals surface area contributed by atoms with Crippen LogP contribution in [0.15, 0.2) is 0 Å². The van der Waals surface area contributed by atoms with Crippen LogP contribution in [0.5, 0.6) is 0 Å². The summed E-state index contributed by atoms with van der Waals surface area (Å²) in [4.78, 5) is 0. The van der Waals surface area contributed by atoms with Gasteiger partial charge in [-0.1, -0.05) is 20.8 Å². The molecule has 0 radical (unpaired) electrons. The first kappa shape index (κ1) is 10.9. The van der Waals surface area contributed by atoms with Crippen LogP contribution in [-0.2, 0) is 9.47 Å². The Morgan fingerprint density at radius 2 is 1.85 bits per heavy atom. The number of hydrogen-bond donors (Lipinski definition) is 0. The molecule has 0 unspecified atom stereocenters. The average Bonchev–Trinajstić information content (AvgIpc) is 2.03. The first-order chi connectivity index (χ1) is 5.91. The van der Waals surface area contributed by atoms with Crippen LogP contribution in [0.2, 0.25) is 0 Å². The van der Waals surface area contributed by atoms with Crippen LogP contribution in [0.4, 0.5) is 8.78 Å². The van der Waals surface area contributed by atoms with E-state index in [-0.39, 0.29) is 24.7 Å². The van der Waals surface area contributed by atoms with Crippen LogP contribution in [0.25, 0.3) is 0 Å². The van der Waals surface area contributed by atoms with E-state index in [1.165, 1.54) is 0 Å². The third-order valence-corrected chi connectivity index (χ3v) is 2.24. The van der Waals surface area contributed by atoms with Gasteiger partial charge in [0.2, 0.25) is 0 Å². The van der Waals surface area contributed by atoms with Crippen LogP contribution in [0, 0.1) is 5.41 Å². The number of hydrogen-bond acceptors (Lipinski definition) is 2. The van der Waals surface area contributed by atoms with Crippen molar-refractivity contribution < 1.29 is 18.3 Å². The van der Waals surface area contributed by atoms with E-state index < -0.39 is 12.5 Å². The summed E-state index contributed by atoms with van der Waals surface area (Å²) in [6, 6.07) is 0.